The maximum absolute atomic E-state index is 2.37. The molecule has 0 bridgehead atoms. The van der Waals surface area contributed by atoms with E-state index in [0.717, 1.165) is 0 Å². The summed E-state index contributed by atoms with van der Waals surface area (Å²) in [6.07, 6.45) is 6.83. The number of hydrogen-bond acceptors (Lipinski definition) is 1. The molecule has 1 aliphatic heterocycles. The Bertz CT molecular complexity index is 755. The third-order valence-electron chi connectivity index (χ3n) is 4.77. The molecular formula is C20H18S. The number of hydrogen-bond donors (Lipinski definition) is 0. The summed E-state index contributed by atoms with van der Waals surface area (Å²) < 4.78 is 0.187. The summed E-state index contributed by atoms with van der Waals surface area (Å²) in [7, 11) is 0. The van der Waals surface area contributed by atoms with Gasteiger partial charge in [0.05, 0.1) is 0 Å². The molecule has 21 heavy (non-hydrogen) atoms. The molecule has 1 heteroatoms. The van der Waals surface area contributed by atoms with Gasteiger partial charge in [0.1, 0.15) is 0 Å². The lowest BCUT2D eigenvalue weighted by Gasteiger charge is -2.32. The molecule has 0 N–H and O–H groups in total. The molecule has 0 spiro atoms. The van der Waals surface area contributed by atoms with Crippen LogP contribution in [0.15, 0.2) is 71.7 Å². The van der Waals surface area contributed by atoms with Crippen molar-refractivity contribution in [3.05, 3.63) is 72.3 Å². The van der Waals surface area contributed by atoms with Gasteiger partial charge in [-0.2, -0.15) is 0 Å². The van der Waals surface area contributed by atoms with Crippen molar-refractivity contribution in [2.75, 3.05) is 0 Å². The van der Waals surface area contributed by atoms with Crippen LogP contribution in [0.3, 0.4) is 0 Å². The topological polar surface area (TPSA) is 0 Å². The van der Waals surface area contributed by atoms with Crippen LogP contribution in [-0.2, 0) is 0 Å². The minimum absolute atomic E-state index is 0.187. The van der Waals surface area contributed by atoms with Gasteiger partial charge in [0.2, 0.25) is 0 Å². The fourth-order valence-electron chi connectivity index (χ4n) is 3.29. The van der Waals surface area contributed by atoms with Crippen molar-refractivity contribution < 1.29 is 0 Å². The number of benzene rings is 2. The standard InChI is InChI=1S/C20H18S/c1-14-7-6-10-18-17-13-16(15-8-4-3-5-9-15)11-12-19(17)21-20(14,18)2/h3-14H,1-2H3. The van der Waals surface area contributed by atoms with Crippen molar-refractivity contribution in [2.45, 2.75) is 23.5 Å². The lowest BCUT2D eigenvalue weighted by atomic mass is 9.80. The van der Waals surface area contributed by atoms with Gasteiger partial charge in [0.25, 0.3) is 0 Å². The molecule has 2 aromatic rings. The summed E-state index contributed by atoms with van der Waals surface area (Å²) in [5, 5.41) is 0. The molecule has 0 nitrogen and oxygen atoms in total. The van der Waals surface area contributed by atoms with Crippen molar-refractivity contribution in [1.82, 2.24) is 0 Å². The number of fused-ring (bicyclic) bond motifs is 3. The second kappa shape index (κ2) is 4.64. The summed E-state index contributed by atoms with van der Waals surface area (Å²) in [6.45, 7) is 4.69. The van der Waals surface area contributed by atoms with Gasteiger partial charge >= 0.3 is 0 Å². The van der Waals surface area contributed by atoms with E-state index < -0.39 is 0 Å². The first kappa shape index (κ1) is 13.0. The zero-order valence-electron chi connectivity index (χ0n) is 12.3. The Kier molecular flexibility index (Phi) is 2.87. The van der Waals surface area contributed by atoms with Crippen LogP contribution < -0.4 is 0 Å². The average molecular weight is 290 g/mol. The van der Waals surface area contributed by atoms with E-state index in [1.807, 2.05) is 11.8 Å². The molecule has 2 aliphatic rings. The molecule has 0 saturated carbocycles. The van der Waals surface area contributed by atoms with Crippen LogP contribution in [0.25, 0.3) is 16.7 Å². The van der Waals surface area contributed by atoms with E-state index >= 15 is 0 Å². The van der Waals surface area contributed by atoms with E-state index in [2.05, 4.69) is 80.6 Å². The van der Waals surface area contributed by atoms with E-state index in [0.29, 0.717) is 5.92 Å². The first-order valence-electron chi connectivity index (χ1n) is 7.46. The van der Waals surface area contributed by atoms with Gasteiger partial charge in [0.15, 0.2) is 0 Å². The maximum atomic E-state index is 2.37. The van der Waals surface area contributed by atoms with Crippen LogP contribution in [-0.4, -0.2) is 4.75 Å². The minimum Gasteiger partial charge on any atom is -0.114 e. The lowest BCUT2D eigenvalue weighted by Crippen LogP contribution is -2.27. The summed E-state index contributed by atoms with van der Waals surface area (Å²) in [5.74, 6) is 0.565. The summed E-state index contributed by atoms with van der Waals surface area (Å²) in [5.41, 5.74) is 5.50. The predicted octanol–water partition coefficient (Wildman–Crippen LogP) is 5.81. The summed E-state index contributed by atoms with van der Waals surface area (Å²) in [6, 6.07) is 17.5. The van der Waals surface area contributed by atoms with Gasteiger partial charge in [-0.15, -0.1) is 11.8 Å². The monoisotopic (exact) mass is 290 g/mol. The number of rotatable bonds is 1. The Morgan fingerprint density at radius 1 is 1.00 bits per heavy atom. The molecule has 2 aromatic carbocycles. The summed E-state index contributed by atoms with van der Waals surface area (Å²) >= 11 is 2.01. The van der Waals surface area contributed by atoms with Crippen molar-refractivity contribution in [3.63, 3.8) is 0 Å². The van der Waals surface area contributed by atoms with Crippen LogP contribution in [0.5, 0.6) is 0 Å². The Balaban J connectivity index is 1.85. The smallest absolute Gasteiger partial charge is 0.0493 e. The van der Waals surface area contributed by atoms with Crippen LogP contribution in [0, 0.1) is 5.92 Å². The lowest BCUT2D eigenvalue weighted by molar-refractivity contribution is 0.620. The van der Waals surface area contributed by atoms with E-state index in [1.54, 1.807) is 0 Å². The Morgan fingerprint density at radius 3 is 2.62 bits per heavy atom. The van der Waals surface area contributed by atoms with E-state index in [4.69, 9.17) is 0 Å². The quantitative estimate of drug-likeness (QED) is 0.639. The van der Waals surface area contributed by atoms with Crippen LogP contribution in [0.1, 0.15) is 19.4 Å². The first-order valence-corrected chi connectivity index (χ1v) is 8.28. The zero-order chi connectivity index (χ0) is 14.4. The fraction of sp³-hybridized carbons (Fsp3) is 0.200. The van der Waals surface area contributed by atoms with E-state index in [-0.39, 0.29) is 4.75 Å². The second-order valence-electron chi connectivity index (χ2n) is 6.04. The van der Waals surface area contributed by atoms with Crippen LogP contribution in [0.2, 0.25) is 0 Å². The van der Waals surface area contributed by atoms with Crippen molar-refractivity contribution >= 4 is 17.3 Å². The molecule has 1 heterocycles. The molecule has 2 unspecified atom stereocenters. The first-order chi connectivity index (χ1) is 10.2. The van der Waals surface area contributed by atoms with Gasteiger partial charge in [-0.1, -0.05) is 61.5 Å². The highest BCUT2D eigenvalue weighted by atomic mass is 32.2. The Hall–Kier alpha value is -1.73. The highest BCUT2D eigenvalue weighted by Crippen LogP contribution is 2.58. The van der Waals surface area contributed by atoms with Crippen molar-refractivity contribution in [1.29, 1.82) is 0 Å². The number of thioether (sulfide) groups is 1. The molecule has 104 valence electrons. The third-order valence-corrected chi connectivity index (χ3v) is 6.36. The van der Waals surface area contributed by atoms with Gasteiger partial charge < -0.3 is 0 Å². The maximum Gasteiger partial charge on any atom is 0.0493 e. The van der Waals surface area contributed by atoms with E-state index in [9.17, 15) is 0 Å². The summed E-state index contributed by atoms with van der Waals surface area (Å²) in [4.78, 5) is 1.42. The van der Waals surface area contributed by atoms with Crippen molar-refractivity contribution in [3.8, 4) is 11.1 Å². The predicted molar refractivity (Wildman–Crippen MR) is 92.4 cm³/mol. The highest BCUT2D eigenvalue weighted by Gasteiger charge is 2.43. The minimum atomic E-state index is 0.187. The normalized spacial score (nSPS) is 26.2. The fourth-order valence-corrected chi connectivity index (χ4v) is 4.71. The molecule has 0 fully saturated rings. The largest absolute Gasteiger partial charge is 0.114 e. The van der Waals surface area contributed by atoms with Crippen LogP contribution in [0.4, 0.5) is 0 Å². The highest BCUT2D eigenvalue weighted by molar-refractivity contribution is 8.01. The average Bonchev–Trinajstić information content (AvgIpc) is 2.82. The Morgan fingerprint density at radius 2 is 1.81 bits per heavy atom. The molecule has 1 aliphatic carbocycles. The molecule has 0 saturated heterocycles. The Labute approximate surface area is 130 Å². The molecule has 0 radical (unpaired) electrons. The molecular weight excluding hydrogens is 272 g/mol. The zero-order valence-corrected chi connectivity index (χ0v) is 13.2. The number of allylic oxidation sites excluding steroid dienone is 3. The van der Waals surface area contributed by atoms with Crippen LogP contribution >= 0.6 is 11.8 Å². The van der Waals surface area contributed by atoms with Gasteiger partial charge in [-0.3, -0.25) is 0 Å². The van der Waals surface area contributed by atoms with Gasteiger partial charge in [-0.25, -0.2) is 0 Å². The SMILES string of the molecule is CC1C=CC=C2c3cc(-c4ccccc4)ccc3SC21C. The second-order valence-corrected chi connectivity index (χ2v) is 7.53. The third kappa shape index (κ3) is 1.91. The van der Waals surface area contributed by atoms with Gasteiger partial charge in [0, 0.05) is 9.64 Å². The molecule has 2 atom stereocenters. The van der Waals surface area contributed by atoms with E-state index in [1.165, 1.54) is 27.2 Å². The van der Waals surface area contributed by atoms with Gasteiger partial charge in [-0.05, 0) is 47.2 Å². The van der Waals surface area contributed by atoms with Crippen molar-refractivity contribution in [2.24, 2.45) is 5.92 Å². The molecule has 0 aromatic heterocycles. The molecule has 4 rings (SSSR count). The molecule has 0 amide bonds.